The van der Waals surface area contributed by atoms with E-state index in [1.165, 1.54) is 12.8 Å². The van der Waals surface area contributed by atoms with Gasteiger partial charge in [-0.2, -0.15) is 0 Å². The van der Waals surface area contributed by atoms with Crippen LogP contribution in [0, 0.1) is 35.5 Å². The largest absolute Gasteiger partial charge is 0.480 e. The fourth-order valence-corrected chi connectivity index (χ4v) is 5.71. The van der Waals surface area contributed by atoms with Crippen molar-refractivity contribution in [1.29, 1.82) is 0 Å². The molecule has 0 heterocycles. The third-order valence-electron chi connectivity index (χ3n) is 7.30. The average Bonchev–Trinajstić information content (AvgIpc) is 3.13. The molecule has 3 saturated carbocycles. The van der Waals surface area contributed by atoms with Crippen molar-refractivity contribution in [3.63, 3.8) is 0 Å². The van der Waals surface area contributed by atoms with E-state index in [9.17, 15) is 15.0 Å². The van der Waals surface area contributed by atoms with Gasteiger partial charge in [-0.3, -0.25) is 0 Å². The van der Waals surface area contributed by atoms with Crippen LogP contribution in [0.15, 0.2) is 12.2 Å². The molecule has 0 bridgehead atoms. The molecule has 0 spiro atoms. The number of carboxylic acid groups (broad SMARTS) is 1. The Balaban J connectivity index is 1.47. The Morgan fingerprint density at radius 2 is 1.93 bits per heavy atom. The quantitative estimate of drug-likeness (QED) is 0.444. The first-order chi connectivity index (χ1) is 12.9. The molecule has 5 nitrogen and oxygen atoms in total. The summed E-state index contributed by atoms with van der Waals surface area (Å²) in [5.74, 6) is 1.97. The van der Waals surface area contributed by atoms with Crippen LogP contribution in [0.2, 0.25) is 0 Å². The predicted octanol–water partition coefficient (Wildman–Crippen LogP) is 3.24. The molecule has 27 heavy (non-hydrogen) atoms. The van der Waals surface area contributed by atoms with Gasteiger partial charge in [0.15, 0.2) is 0 Å². The fraction of sp³-hybridized carbons (Fsp3) is 0.864. The number of rotatable bonds is 8. The van der Waals surface area contributed by atoms with E-state index in [-0.39, 0.29) is 24.7 Å². The third-order valence-corrected chi connectivity index (χ3v) is 7.30. The van der Waals surface area contributed by atoms with Gasteiger partial charge in [-0.25, -0.2) is 4.79 Å². The normalized spacial score (nSPS) is 40.3. The van der Waals surface area contributed by atoms with Gasteiger partial charge in [-0.05, 0) is 68.1 Å². The van der Waals surface area contributed by atoms with Crippen molar-refractivity contribution >= 4 is 5.97 Å². The van der Waals surface area contributed by atoms with E-state index in [4.69, 9.17) is 9.84 Å². The van der Waals surface area contributed by atoms with Gasteiger partial charge in [0, 0.05) is 12.5 Å². The molecular formula is C22H36O5. The van der Waals surface area contributed by atoms with Crippen molar-refractivity contribution in [2.45, 2.75) is 70.5 Å². The number of hydrogen-bond acceptors (Lipinski definition) is 4. The summed E-state index contributed by atoms with van der Waals surface area (Å²) in [6, 6.07) is 0. The fourth-order valence-electron chi connectivity index (χ4n) is 5.71. The Labute approximate surface area is 162 Å². The van der Waals surface area contributed by atoms with Gasteiger partial charge in [-0.1, -0.05) is 31.9 Å². The summed E-state index contributed by atoms with van der Waals surface area (Å²) in [6.45, 7) is 2.57. The molecule has 3 rings (SSSR count). The maximum Gasteiger partial charge on any atom is 0.329 e. The lowest BCUT2D eigenvalue weighted by molar-refractivity contribution is -0.142. The van der Waals surface area contributed by atoms with Gasteiger partial charge < -0.3 is 20.1 Å². The van der Waals surface area contributed by atoms with Crippen LogP contribution in [0.1, 0.15) is 58.3 Å². The Kier molecular flexibility index (Phi) is 7.35. The number of aliphatic hydroxyl groups is 2. The predicted molar refractivity (Wildman–Crippen MR) is 103 cm³/mol. The highest BCUT2D eigenvalue weighted by atomic mass is 16.5. The summed E-state index contributed by atoms with van der Waals surface area (Å²) in [5, 5.41) is 29.7. The second-order valence-electron chi connectivity index (χ2n) is 9.27. The number of hydrogen-bond donors (Lipinski definition) is 3. The van der Waals surface area contributed by atoms with Crippen LogP contribution in [0.3, 0.4) is 0 Å². The summed E-state index contributed by atoms with van der Waals surface area (Å²) in [7, 11) is 0. The molecule has 3 N–H and O–H groups in total. The molecule has 154 valence electrons. The topological polar surface area (TPSA) is 87.0 Å². The van der Waals surface area contributed by atoms with Crippen molar-refractivity contribution < 1.29 is 24.9 Å². The highest BCUT2D eigenvalue weighted by molar-refractivity contribution is 5.67. The van der Waals surface area contributed by atoms with Gasteiger partial charge in [-0.15, -0.1) is 0 Å². The first-order valence-electron chi connectivity index (χ1n) is 10.8. The number of aliphatic hydroxyl groups excluding tert-OH is 2. The first kappa shape index (κ1) is 20.8. The molecule has 0 amide bonds. The van der Waals surface area contributed by atoms with Crippen LogP contribution >= 0.6 is 0 Å². The molecule has 0 aromatic heterocycles. The van der Waals surface area contributed by atoms with Crippen molar-refractivity contribution in [2.75, 3.05) is 13.2 Å². The van der Waals surface area contributed by atoms with E-state index in [0.29, 0.717) is 30.3 Å². The number of aliphatic carboxylic acids is 1. The number of carbonyl (C=O) groups is 1. The molecule has 3 aliphatic rings. The zero-order valence-corrected chi connectivity index (χ0v) is 16.5. The van der Waals surface area contributed by atoms with Crippen molar-refractivity contribution in [2.24, 2.45) is 35.5 Å². The molecule has 0 aromatic rings. The van der Waals surface area contributed by atoms with E-state index in [1.807, 2.05) is 6.08 Å². The highest BCUT2D eigenvalue weighted by Crippen LogP contribution is 2.51. The smallest absolute Gasteiger partial charge is 0.329 e. The van der Waals surface area contributed by atoms with Crippen LogP contribution in [0.5, 0.6) is 0 Å². The zero-order valence-electron chi connectivity index (χ0n) is 16.5. The summed E-state index contributed by atoms with van der Waals surface area (Å²) in [5.41, 5.74) is 0. The Morgan fingerprint density at radius 3 is 2.63 bits per heavy atom. The Bertz CT molecular complexity index is 511. The minimum atomic E-state index is -0.919. The zero-order chi connectivity index (χ0) is 19.4. The van der Waals surface area contributed by atoms with E-state index in [2.05, 4.69) is 13.0 Å². The molecule has 0 aromatic carbocycles. The molecule has 3 aliphatic carbocycles. The number of carboxylic acids is 1. The lowest BCUT2D eigenvalue weighted by Crippen LogP contribution is -2.24. The van der Waals surface area contributed by atoms with E-state index in [1.54, 1.807) is 0 Å². The van der Waals surface area contributed by atoms with Crippen molar-refractivity contribution in [3.05, 3.63) is 12.2 Å². The molecule has 0 aliphatic heterocycles. The lowest BCUT2D eigenvalue weighted by Gasteiger charge is -2.29. The van der Waals surface area contributed by atoms with Gasteiger partial charge in [0.05, 0.1) is 12.2 Å². The van der Waals surface area contributed by atoms with Crippen LogP contribution in [-0.4, -0.2) is 46.7 Å². The molecular weight excluding hydrogens is 344 g/mol. The average molecular weight is 381 g/mol. The standard InChI is InChI=1S/C22H36O5/c1-14-2-4-16(5-3-14)20(23)7-6-18-19-11-15(8-9-27-13-22(25)26)10-17(19)12-21(18)24/h6-7,14-21,23-24H,2-5,8-13H2,1H3,(H,25,26)/t14-,15?,16-,17-,18-,19-,20?,21-/m1/s1. The van der Waals surface area contributed by atoms with Crippen LogP contribution in [-0.2, 0) is 9.53 Å². The number of fused-ring (bicyclic) bond motifs is 1. The van der Waals surface area contributed by atoms with E-state index >= 15 is 0 Å². The molecule has 3 fully saturated rings. The third kappa shape index (κ3) is 5.55. The minimum absolute atomic E-state index is 0.150. The lowest BCUT2D eigenvalue weighted by atomic mass is 9.79. The molecule has 6 atom stereocenters. The van der Waals surface area contributed by atoms with Crippen molar-refractivity contribution in [3.8, 4) is 0 Å². The molecule has 5 heteroatoms. The number of ether oxygens (including phenoxy) is 1. The van der Waals surface area contributed by atoms with Crippen LogP contribution < -0.4 is 0 Å². The molecule has 0 saturated heterocycles. The van der Waals surface area contributed by atoms with E-state index in [0.717, 1.165) is 44.4 Å². The van der Waals surface area contributed by atoms with Gasteiger partial charge in [0.25, 0.3) is 0 Å². The second-order valence-corrected chi connectivity index (χ2v) is 9.27. The molecule has 0 radical (unpaired) electrons. The van der Waals surface area contributed by atoms with Crippen molar-refractivity contribution in [1.82, 2.24) is 0 Å². The summed E-state index contributed by atoms with van der Waals surface area (Å²) < 4.78 is 5.18. The molecule has 2 unspecified atom stereocenters. The Morgan fingerprint density at radius 1 is 1.19 bits per heavy atom. The van der Waals surface area contributed by atoms with Gasteiger partial charge in [0.2, 0.25) is 0 Å². The van der Waals surface area contributed by atoms with Gasteiger partial charge in [0.1, 0.15) is 6.61 Å². The maximum atomic E-state index is 10.6. The summed E-state index contributed by atoms with van der Waals surface area (Å²) >= 11 is 0. The summed E-state index contributed by atoms with van der Waals surface area (Å²) in [4.78, 5) is 10.5. The first-order valence-corrected chi connectivity index (χ1v) is 10.8. The minimum Gasteiger partial charge on any atom is -0.480 e. The second kappa shape index (κ2) is 9.53. The van der Waals surface area contributed by atoms with E-state index < -0.39 is 5.97 Å². The SMILES string of the molecule is C[C@H]1CC[C@H](C(O)C=C[C@@H]2[C@@H]3CC(CCOCC(=O)O)C[C@@H]3C[C@H]2O)CC1. The monoisotopic (exact) mass is 380 g/mol. The highest BCUT2D eigenvalue weighted by Gasteiger charge is 2.46. The van der Waals surface area contributed by atoms with Crippen LogP contribution in [0.25, 0.3) is 0 Å². The summed E-state index contributed by atoms with van der Waals surface area (Å²) in [6.07, 6.45) is 11.9. The van der Waals surface area contributed by atoms with Gasteiger partial charge >= 0.3 is 5.97 Å². The maximum absolute atomic E-state index is 10.6. The Hall–Kier alpha value is -0.910. The van der Waals surface area contributed by atoms with Crippen LogP contribution in [0.4, 0.5) is 0 Å².